The van der Waals surface area contributed by atoms with Gasteiger partial charge in [-0.3, -0.25) is 15.0 Å². The maximum Gasteiger partial charge on any atom is 0.243 e. The summed E-state index contributed by atoms with van der Waals surface area (Å²) in [7, 11) is 1.86. The van der Waals surface area contributed by atoms with E-state index in [4.69, 9.17) is 4.52 Å². The standard InChI is InChI=1S/C14H20N6O2S/c1-9(12(21)17-14-18-15-8-23-14)20(2)7-11-16-13(22-19-11)10-5-3-4-6-10/h8-10H,3-7H2,1-2H3,(H,17,18,21). The van der Waals surface area contributed by atoms with Crippen LogP contribution in [0.5, 0.6) is 0 Å². The van der Waals surface area contributed by atoms with E-state index in [0.29, 0.717) is 23.4 Å². The molecular formula is C14H20N6O2S. The fourth-order valence-corrected chi connectivity index (χ4v) is 3.12. The van der Waals surface area contributed by atoms with Gasteiger partial charge in [0.2, 0.25) is 16.9 Å². The number of rotatable bonds is 6. The first-order chi connectivity index (χ1) is 11.1. The summed E-state index contributed by atoms with van der Waals surface area (Å²) in [4.78, 5) is 18.5. The number of carbonyl (C=O) groups is 1. The largest absolute Gasteiger partial charge is 0.339 e. The van der Waals surface area contributed by atoms with Crippen LogP contribution in [-0.2, 0) is 11.3 Å². The quantitative estimate of drug-likeness (QED) is 0.862. The minimum absolute atomic E-state index is 0.135. The number of aromatic nitrogens is 4. The Bertz CT molecular complexity index is 637. The molecule has 0 spiro atoms. The van der Waals surface area contributed by atoms with Gasteiger partial charge in [-0.25, -0.2) is 0 Å². The molecule has 2 aromatic heterocycles. The molecule has 0 aliphatic heterocycles. The lowest BCUT2D eigenvalue weighted by molar-refractivity contribution is -0.120. The number of amides is 1. The molecule has 0 radical (unpaired) electrons. The van der Waals surface area contributed by atoms with E-state index in [9.17, 15) is 4.79 Å². The van der Waals surface area contributed by atoms with Crippen molar-refractivity contribution in [3.63, 3.8) is 0 Å². The van der Waals surface area contributed by atoms with Crippen LogP contribution in [0.1, 0.15) is 50.2 Å². The van der Waals surface area contributed by atoms with Gasteiger partial charge in [-0.1, -0.05) is 29.3 Å². The number of hydrogen-bond acceptors (Lipinski definition) is 8. The molecular weight excluding hydrogens is 316 g/mol. The average molecular weight is 336 g/mol. The van der Waals surface area contributed by atoms with Crippen molar-refractivity contribution in [2.24, 2.45) is 0 Å². The molecule has 1 N–H and O–H groups in total. The molecule has 8 nitrogen and oxygen atoms in total. The van der Waals surface area contributed by atoms with Gasteiger partial charge in [0.25, 0.3) is 0 Å². The predicted octanol–water partition coefficient (Wildman–Crippen LogP) is 2.04. The van der Waals surface area contributed by atoms with Crippen LogP contribution in [-0.4, -0.2) is 44.2 Å². The lowest BCUT2D eigenvalue weighted by Crippen LogP contribution is -2.39. The van der Waals surface area contributed by atoms with E-state index in [0.717, 1.165) is 18.7 Å². The minimum Gasteiger partial charge on any atom is -0.339 e. The summed E-state index contributed by atoms with van der Waals surface area (Å²) in [6, 6.07) is -0.340. The highest BCUT2D eigenvalue weighted by molar-refractivity contribution is 7.13. The first-order valence-corrected chi connectivity index (χ1v) is 8.61. The molecule has 0 saturated heterocycles. The summed E-state index contributed by atoms with van der Waals surface area (Å²) < 4.78 is 5.37. The number of nitrogens with one attached hydrogen (secondary N) is 1. The van der Waals surface area contributed by atoms with Gasteiger partial charge in [-0.15, -0.1) is 10.2 Å². The molecule has 23 heavy (non-hydrogen) atoms. The summed E-state index contributed by atoms with van der Waals surface area (Å²) in [5.41, 5.74) is 1.58. The molecule has 0 bridgehead atoms. The number of carbonyl (C=O) groups excluding carboxylic acids is 1. The van der Waals surface area contributed by atoms with E-state index in [1.807, 2.05) is 18.9 Å². The van der Waals surface area contributed by atoms with E-state index in [1.54, 1.807) is 5.51 Å². The average Bonchev–Trinajstić information content (AvgIpc) is 3.27. The topological polar surface area (TPSA) is 97.0 Å². The van der Waals surface area contributed by atoms with Crippen molar-refractivity contribution < 1.29 is 9.32 Å². The Kier molecular flexibility index (Phi) is 4.97. The summed E-state index contributed by atoms with van der Waals surface area (Å²) in [6.07, 6.45) is 4.70. The van der Waals surface area contributed by atoms with Crippen LogP contribution in [0.3, 0.4) is 0 Å². The van der Waals surface area contributed by atoms with E-state index >= 15 is 0 Å². The van der Waals surface area contributed by atoms with Crippen LogP contribution >= 0.6 is 11.3 Å². The van der Waals surface area contributed by atoms with Gasteiger partial charge in [-0.05, 0) is 26.8 Å². The summed E-state index contributed by atoms with van der Waals surface area (Å²) >= 11 is 1.29. The maximum absolute atomic E-state index is 12.2. The van der Waals surface area contributed by atoms with Crippen molar-refractivity contribution in [1.82, 2.24) is 25.2 Å². The monoisotopic (exact) mass is 336 g/mol. The zero-order valence-corrected chi connectivity index (χ0v) is 14.0. The van der Waals surface area contributed by atoms with Crippen LogP contribution in [0, 0.1) is 0 Å². The van der Waals surface area contributed by atoms with Crippen molar-refractivity contribution in [1.29, 1.82) is 0 Å². The van der Waals surface area contributed by atoms with Crippen molar-refractivity contribution in [2.45, 2.75) is 51.1 Å². The Morgan fingerprint density at radius 1 is 1.52 bits per heavy atom. The highest BCUT2D eigenvalue weighted by atomic mass is 32.1. The molecule has 1 amide bonds. The molecule has 2 heterocycles. The van der Waals surface area contributed by atoms with Gasteiger partial charge >= 0.3 is 0 Å². The third kappa shape index (κ3) is 3.91. The Labute approximate surface area is 138 Å². The zero-order valence-electron chi connectivity index (χ0n) is 13.2. The van der Waals surface area contributed by atoms with E-state index in [2.05, 4.69) is 25.7 Å². The Morgan fingerprint density at radius 2 is 2.30 bits per heavy atom. The fraction of sp³-hybridized carbons (Fsp3) is 0.643. The molecule has 2 aromatic rings. The number of likely N-dealkylation sites (N-methyl/N-ethyl adjacent to an activating group) is 1. The third-order valence-corrected chi connectivity index (χ3v) is 4.82. The molecule has 1 atom stereocenters. The Hall–Kier alpha value is -1.87. The first kappa shape index (κ1) is 16.0. The van der Waals surface area contributed by atoms with E-state index in [-0.39, 0.29) is 11.9 Å². The minimum atomic E-state index is -0.340. The van der Waals surface area contributed by atoms with Gasteiger partial charge in [0, 0.05) is 5.92 Å². The molecule has 3 rings (SSSR count). The summed E-state index contributed by atoms with van der Waals surface area (Å²) in [5.74, 6) is 1.62. The molecule has 124 valence electrons. The first-order valence-electron chi connectivity index (χ1n) is 7.73. The second-order valence-corrected chi connectivity index (χ2v) is 6.69. The molecule has 1 unspecified atom stereocenters. The van der Waals surface area contributed by atoms with Crippen LogP contribution < -0.4 is 5.32 Å². The lowest BCUT2D eigenvalue weighted by atomic mass is 10.1. The van der Waals surface area contributed by atoms with Gasteiger partial charge in [-0.2, -0.15) is 4.98 Å². The van der Waals surface area contributed by atoms with Gasteiger partial charge in [0.15, 0.2) is 5.82 Å². The SMILES string of the molecule is CC(C(=O)Nc1nncs1)N(C)Cc1noc(C2CCCC2)n1. The third-order valence-electron chi connectivity index (χ3n) is 4.21. The van der Waals surface area contributed by atoms with Crippen LogP contribution in [0.25, 0.3) is 0 Å². The molecule has 1 aliphatic rings. The van der Waals surface area contributed by atoms with Crippen molar-refractivity contribution in [3.05, 3.63) is 17.2 Å². The highest BCUT2D eigenvalue weighted by Crippen LogP contribution is 2.32. The smallest absolute Gasteiger partial charge is 0.243 e. The maximum atomic E-state index is 12.2. The molecule has 1 aliphatic carbocycles. The van der Waals surface area contributed by atoms with Crippen LogP contribution in [0.4, 0.5) is 5.13 Å². The molecule has 0 aromatic carbocycles. The molecule has 1 fully saturated rings. The van der Waals surface area contributed by atoms with Crippen molar-refractivity contribution in [3.8, 4) is 0 Å². The zero-order chi connectivity index (χ0) is 16.2. The molecule has 1 saturated carbocycles. The summed E-state index contributed by atoms with van der Waals surface area (Å²) in [6.45, 7) is 2.29. The Morgan fingerprint density at radius 3 is 3.00 bits per heavy atom. The normalized spacial score (nSPS) is 16.8. The second kappa shape index (κ2) is 7.14. The highest BCUT2D eigenvalue weighted by Gasteiger charge is 2.25. The van der Waals surface area contributed by atoms with Gasteiger partial charge in [0.05, 0.1) is 12.6 Å². The Balaban J connectivity index is 1.55. The van der Waals surface area contributed by atoms with Crippen molar-refractivity contribution >= 4 is 22.4 Å². The predicted molar refractivity (Wildman–Crippen MR) is 85.0 cm³/mol. The second-order valence-electron chi connectivity index (χ2n) is 5.85. The lowest BCUT2D eigenvalue weighted by Gasteiger charge is -2.21. The van der Waals surface area contributed by atoms with E-state index in [1.165, 1.54) is 24.2 Å². The fourth-order valence-electron chi connectivity index (χ4n) is 2.67. The van der Waals surface area contributed by atoms with E-state index < -0.39 is 0 Å². The number of nitrogens with zero attached hydrogens (tertiary/aromatic N) is 5. The summed E-state index contributed by atoms with van der Waals surface area (Å²) in [5, 5.41) is 14.8. The number of hydrogen-bond donors (Lipinski definition) is 1. The van der Waals surface area contributed by atoms with Gasteiger partial charge < -0.3 is 4.52 Å². The van der Waals surface area contributed by atoms with Crippen LogP contribution in [0.15, 0.2) is 10.0 Å². The number of anilines is 1. The van der Waals surface area contributed by atoms with Crippen molar-refractivity contribution in [2.75, 3.05) is 12.4 Å². The molecule has 9 heteroatoms. The van der Waals surface area contributed by atoms with Crippen LogP contribution in [0.2, 0.25) is 0 Å². The van der Waals surface area contributed by atoms with Gasteiger partial charge in [0.1, 0.15) is 5.51 Å².